The first-order valence-electron chi connectivity index (χ1n) is 4.81. The fourth-order valence-electron chi connectivity index (χ4n) is 1.47. The molecule has 2 nitrogen and oxygen atoms in total. The van der Waals surface area contributed by atoms with Crippen LogP contribution in [0.15, 0.2) is 30.1 Å². The maximum absolute atomic E-state index is 13.3. The number of hydrogen-bond donors (Lipinski definition) is 1. The maximum atomic E-state index is 13.3. The van der Waals surface area contributed by atoms with Gasteiger partial charge in [-0.2, -0.15) is 0 Å². The van der Waals surface area contributed by atoms with Crippen LogP contribution in [0.3, 0.4) is 0 Å². The van der Waals surface area contributed by atoms with Crippen LogP contribution in [0.2, 0.25) is 0 Å². The van der Waals surface area contributed by atoms with Gasteiger partial charge in [-0.1, -0.05) is 12.1 Å². The Morgan fingerprint density at radius 2 is 2.06 bits per heavy atom. The van der Waals surface area contributed by atoms with Crippen LogP contribution < -0.4 is 10.6 Å². The van der Waals surface area contributed by atoms with Crippen LogP contribution in [-0.4, -0.2) is 5.11 Å². The van der Waals surface area contributed by atoms with Crippen LogP contribution in [0.4, 0.5) is 8.78 Å². The number of nitrogens with zero attached hydrogens (tertiary/aromatic N) is 1. The Morgan fingerprint density at radius 1 is 1.25 bits per heavy atom. The molecular formula is C11H9F2N2S. The number of rotatable bonds is 3. The van der Waals surface area contributed by atoms with Gasteiger partial charge in [0.05, 0.1) is 5.70 Å². The van der Waals surface area contributed by atoms with E-state index in [2.05, 4.69) is 10.6 Å². The average molecular weight is 239 g/mol. The second-order valence-corrected chi connectivity index (χ2v) is 3.80. The van der Waals surface area contributed by atoms with Crippen molar-refractivity contribution in [1.82, 2.24) is 10.6 Å². The van der Waals surface area contributed by atoms with E-state index in [0.717, 1.165) is 11.8 Å². The van der Waals surface area contributed by atoms with Gasteiger partial charge >= 0.3 is 0 Å². The van der Waals surface area contributed by atoms with Gasteiger partial charge in [0.2, 0.25) is 0 Å². The van der Waals surface area contributed by atoms with Crippen LogP contribution in [-0.2, 0) is 6.42 Å². The largest absolute Gasteiger partial charge is 0.336 e. The van der Waals surface area contributed by atoms with Crippen molar-refractivity contribution in [2.45, 2.75) is 12.8 Å². The lowest BCUT2D eigenvalue weighted by molar-refractivity contribution is 0.498. The Kier molecular flexibility index (Phi) is 3.14. The van der Waals surface area contributed by atoms with Crippen LogP contribution >= 0.6 is 12.2 Å². The number of benzene rings is 1. The van der Waals surface area contributed by atoms with Crippen molar-refractivity contribution in [2.75, 3.05) is 0 Å². The second-order valence-electron chi connectivity index (χ2n) is 3.41. The summed E-state index contributed by atoms with van der Waals surface area (Å²) >= 11 is 4.81. The molecule has 0 bridgehead atoms. The first-order chi connectivity index (χ1) is 7.66. The fourth-order valence-corrected chi connectivity index (χ4v) is 1.65. The van der Waals surface area contributed by atoms with Crippen LogP contribution in [0.5, 0.6) is 0 Å². The van der Waals surface area contributed by atoms with Crippen molar-refractivity contribution in [2.24, 2.45) is 0 Å². The molecule has 16 heavy (non-hydrogen) atoms. The molecule has 1 aliphatic rings. The number of hydrogen-bond acceptors (Lipinski definition) is 1. The molecule has 0 saturated carbocycles. The molecule has 1 radical (unpaired) electrons. The summed E-state index contributed by atoms with van der Waals surface area (Å²) in [6, 6.07) is 4.17. The van der Waals surface area contributed by atoms with Gasteiger partial charge in [0, 0.05) is 6.20 Å². The quantitative estimate of drug-likeness (QED) is 0.819. The van der Waals surface area contributed by atoms with Crippen molar-refractivity contribution < 1.29 is 8.78 Å². The van der Waals surface area contributed by atoms with Gasteiger partial charge in [0.15, 0.2) is 16.7 Å². The number of nitrogens with one attached hydrogen (secondary N) is 1. The SMILES string of the molecule is Fc1cccc(CCC2=CNC(=S)[N]2)c1F. The van der Waals surface area contributed by atoms with Gasteiger partial charge in [-0.05, 0) is 36.7 Å². The predicted molar refractivity (Wildman–Crippen MR) is 60.6 cm³/mol. The molecular weight excluding hydrogens is 230 g/mol. The highest BCUT2D eigenvalue weighted by atomic mass is 32.1. The van der Waals surface area contributed by atoms with Gasteiger partial charge in [-0.3, -0.25) is 0 Å². The van der Waals surface area contributed by atoms with E-state index in [0.29, 0.717) is 23.5 Å². The lowest BCUT2D eigenvalue weighted by atomic mass is 10.1. The molecule has 1 aromatic rings. The predicted octanol–water partition coefficient (Wildman–Crippen LogP) is 2.23. The smallest absolute Gasteiger partial charge is 0.197 e. The molecule has 5 heteroatoms. The minimum absolute atomic E-state index is 0.355. The summed E-state index contributed by atoms with van der Waals surface area (Å²) in [5.74, 6) is -1.60. The van der Waals surface area contributed by atoms with Gasteiger partial charge in [0.25, 0.3) is 0 Å². The van der Waals surface area contributed by atoms with Crippen molar-refractivity contribution in [3.8, 4) is 0 Å². The van der Waals surface area contributed by atoms with Crippen molar-refractivity contribution >= 4 is 17.3 Å². The second kappa shape index (κ2) is 4.57. The van der Waals surface area contributed by atoms with Crippen LogP contribution in [0.25, 0.3) is 0 Å². The highest BCUT2D eigenvalue weighted by Crippen LogP contribution is 2.15. The zero-order valence-corrected chi connectivity index (χ0v) is 9.15. The topological polar surface area (TPSA) is 26.1 Å². The average Bonchev–Trinajstić information content (AvgIpc) is 2.67. The first kappa shape index (κ1) is 11.0. The summed E-state index contributed by atoms with van der Waals surface area (Å²) in [5.41, 5.74) is 1.11. The van der Waals surface area contributed by atoms with E-state index in [1.165, 1.54) is 6.07 Å². The van der Waals surface area contributed by atoms with Crippen LogP contribution in [0, 0.1) is 11.6 Å². The molecule has 1 heterocycles. The van der Waals surface area contributed by atoms with Crippen LogP contribution in [0.1, 0.15) is 12.0 Å². The van der Waals surface area contributed by atoms with Gasteiger partial charge in [0.1, 0.15) is 0 Å². The Hall–Kier alpha value is -1.49. The molecule has 0 atom stereocenters. The molecule has 0 amide bonds. The first-order valence-corrected chi connectivity index (χ1v) is 5.22. The molecule has 83 valence electrons. The number of halogens is 2. The summed E-state index contributed by atoms with van der Waals surface area (Å²) in [7, 11) is 0. The molecule has 0 spiro atoms. The Morgan fingerprint density at radius 3 is 2.75 bits per heavy atom. The van der Waals surface area contributed by atoms with E-state index in [9.17, 15) is 8.78 Å². The molecule has 0 saturated heterocycles. The minimum atomic E-state index is -0.816. The Bertz CT molecular complexity index is 457. The lowest BCUT2D eigenvalue weighted by Gasteiger charge is -2.03. The lowest BCUT2D eigenvalue weighted by Crippen LogP contribution is -2.15. The van der Waals surface area contributed by atoms with E-state index >= 15 is 0 Å². The highest BCUT2D eigenvalue weighted by molar-refractivity contribution is 7.80. The van der Waals surface area contributed by atoms with Gasteiger partial charge in [-0.15, -0.1) is 0 Å². The van der Waals surface area contributed by atoms with E-state index in [1.54, 1.807) is 12.3 Å². The third-order valence-corrected chi connectivity index (χ3v) is 2.50. The molecule has 1 N–H and O–H groups in total. The Labute approximate surface area is 97.4 Å². The molecule has 0 aromatic heterocycles. The fraction of sp³-hybridized carbons (Fsp3) is 0.182. The van der Waals surface area contributed by atoms with Crippen molar-refractivity contribution in [3.63, 3.8) is 0 Å². The summed E-state index contributed by atoms with van der Waals surface area (Å²) < 4.78 is 26.2. The standard InChI is InChI=1S/C11H9F2N2S/c12-9-3-1-2-7(10(9)13)4-5-8-6-14-11(16)15-8/h1-3,6H,4-5H2,(H,14,16). The zero-order valence-electron chi connectivity index (χ0n) is 8.34. The number of thiocarbonyl (C=S) groups is 1. The third kappa shape index (κ3) is 2.36. The maximum Gasteiger partial charge on any atom is 0.197 e. The molecule has 1 aliphatic heterocycles. The zero-order chi connectivity index (χ0) is 11.5. The monoisotopic (exact) mass is 239 g/mol. The minimum Gasteiger partial charge on any atom is -0.336 e. The van der Waals surface area contributed by atoms with E-state index in [4.69, 9.17) is 12.2 Å². The summed E-state index contributed by atoms with van der Waals surface area (Å²) in [6.07, 6.45) is 2.62. The highest BCUT2D eigenvalue weighted by Gasteiger charge is 2.12. The number of aryl methyl sites for hydroxylation is 1. The van der Waals surface area contributed by atoms with Crippen molar-refractivity contribution in [3.05, 3.63) is 47.3 Å². The molecule has 0 fully saturated rings. The Balaban J connectivity index is 2.00. The number of allylic oxidation sites excluding steroid dienone is 1. The van der Waals surface area contributed by atoms with E-state index < -0.39 is 11.6 Å². The van der Waals surface area contributed by atoms with Gasteiger partial charge < -0.3 is 5.32 Å². The normalized spacial score (nSPS) is 14.4. The van der Waals surface area contributed by atoms with E-state index in [-0.39, 0.29) is 0 Å². The van der Waals surface area contributed by atoms with Crippen molar-refractivity contribution in [1.29, 1.82) is 0 Å². The van der Waals surface area contributed by atoms with Gasteiger partial charge in [-0.25, -0.2) is 14.1 Å². The summed E-state index contributed by atoms with van der Waals surface area (Å²) in [5, 5.41) is 7.20. The summed E-state index contributed by atoms with van der Waals surface area (Å²) in [4.78, 5) is 0. The summed E-state index contributed by atoms with van der Waals surface area (Å²) in [6.45, 7) is 0. The molecule has 1 aromatic carbocycles. The van der Waals surface area contributed by atoms with E-state index in [1.807, 2.05) is 0 Å². The molecule has 2 rings (SSSR count). The molecule has 0 unspecified atom stereocenters. The molecule has 0 aliphatic carbocycles. The third-order valence-electron chi connectivity index (χ3n) is 2.29.